The number of aromatic nitrogens is 1. The van der Waals surface area contributed by atoms with E-state index in [9.17, 15) is 4.79 Å². The number of nitrogens with two attached hydrogens (primary N) is 1. The maximum atomic E-state index is 11.3. The Balaban J connectivity index is 2.14. The average molecular weight is 235 g/mol. The van der Waals surface area contributed by atoms with Gasteiger partial charge in [0.1, 0.15) is 0 Å². The van der Waals surface area contributed by atoms with Gasteiger partial charge in [0.15, 0.2) is 5.58 Å². The highest BCUT2D eigenvalue weighted by Gasteiger charge is 2.05. The molecule has 1 aromatic heterocycles. The maximum Gasteiger partial charge on any atom is 0.419 e. The van der Waals surface area contributed by atoms with Crippen molar-refractivity contribution in [3.8, 4) is 0 Å². The first-order valence-electron chi connectivity index (χ1n) is 5.71. The molecule has 3 N–H and O–H groups in total. The molecular formula is C12H17N3O2. The maximum absolute atomic E-state index is 11.3. The number of fused-ring (bicyclic) bond motifs is 1. The van der Waals surface area contributed by atoms with Crippen molar-refractivity contribution >= 4 is 11.1 Å². The number of oxazole rings is 1. The average Bonchev–Trinajstić information content (AvgIpc) is 2.61. The Kier molecular flexibility index (Phi) is 3.61. The number of hydrogen-bond acceptors (Lipinski definition) is 4. The van der Waals surface area contributed by atoms with E-state index < -0.39 is 0 Å². The highest BCUT2D eigenvalue weighted by atomic mass is 16.4. The fourth-order valence-electron chi connectivity index (χ4n) is 1.74. The molecule has 0 saturated carbocycles. The Labute approximate surface area is 99.2 Å². The van der Waals surface area contributed by atoms with Crippen LogP contribution in [0.2, 0.25) is 0 Å². The van der Waals surface area contributed by atoms with Crippen molar-refractivity contribution in [2.75, 3.05) is 13.1 Å². The predicted octanol–water partition coefficient (Wildman–Crippen LogP) is 0.570. The van der Waals surface area contributed by atoms with Crippen LogP contribution in [0, 0.1) is 0 Å². The van der Waals surface area contributed by atoms with E-state index in [2.05, 4.69) is 5.32 Å². The van der Waals surface area contributed by atoms with Gasteiger partial charge in [0.05, 0.1) is 5.52 Å². The number of hydrogen-bond donors (Lipinski definition) is 2. The molecule has 0 saturated heterocycles. The van der Waals surface area contributed by atoms with Crippen LogP contribution in [0.3, 0.4) is 0 Å². The topological polar surface area (TPSA) is 73.2 Å². The quantitative estimate of drug-likeness (QED) is 0.743. The lowest BCUT2D eigenvalue weighted by molar-refractivity contribution is 0.528. The zero-order valence-electron chi connectivity index (χ0n) is 9.90. The van der Waals surface area contributed by atoms with Gasteiger partial charge in [-0.3, -0.25) is 4.57 Å². The molecule has 1 aromatic carbocycles. The first-order valence-corrected chi connectivity index (χ1v) is 5.71. The first kappa shape index (κ1) is 11.9. The summed E-state index contributed by atoms with van der Waals surface area (Å²) in [6, 6.07) is 5.76. The molecule has 0 radical (unpaired) electrons. The molecule has 0 atom stereocenters. The number of benzene rings is 1. The molecule has 0 bridgehead atoms. The lowest BCUT2D eigenvalue weighted by Crippen LogP contribution is -2.17. The van der Waals surface area contributed by atoms with Gasteiger partial charge < -0.3 is 15.5 Å². The van der Waals surface area contributed by atoms with E-state index in [1.54, 1.807) is 7.05 Å². The molecule has 2 rings (SSSR count). The van der Waals surface area contributed by atoms with Gasteiger partial charge in [-0.25, -0.2) is 4.79 Å². The van der Waals surface area contributed by atoms with Crippen LogP contribution in [0.1, 0.15) is 12.0 Å². The van der Waals surface area contributed by atoms with E-state index in [4.69, 9.17) is 10.2 Å². The van der Waals surface area contributed by atoms with E-state index in [-0.39, 0.29) is 5.76 Å². The van der Waals surface area contributed by atoms with Gasteiger partial charge in [-0.05, 0) is 37.2 Å². The second-order valence-electron chi connectivity index (χ2n) is 4.05. The van der Waals surface area contributed by atoms with Crippen LogP contribution in [-0.2, 0) is 13.6 Å². The van der Waals surface area contributed by atoms with Crippen LogP contribution in [-0.4, -0.2) is 17.7 Å². The predicted molar refractivity (Wildman–Crippen MR) is 66.8 cm³/mol. The van der Waals surface area contributed by atoms with Crippen molar-refractivity contribution in [1.29, 1.82) is 0 Å². The van der Waals surface area contributed by atoms with Crippen LogP contribution >= 0.6 is 0 Å². The van der Waals surface area contributed by atoms with Gasteiger partial charge in [0.25, 0.3) is 0 Å². The number of rotatable bonds is 5. The molecule has 0 amide bonds. The standard InChI is InChI=1S/C12H17N3O2/c1-15-10-7-9(8-14-6-2-5-13)3-4-11(10)17-12(15)16/h3-4,7,14H,2,5-6,8,13H2,1H3. The number of nitrogens with one attached hydrogen (secondary N) is 1. The molecule has 2 aromatic rings. The third-order valence-corrected chi connectivity index (χ3v) is 2.74. The van der Waals surface area contributed by atoms with Crippen molar-refractivity contribution in [2.45, 2.75) is 13.0 Å². The fourth-order valence-corrected chi connectivity index (χ4v) is 1.74. The summed E-state index contributed by atoms with van der Waals surface area (Å²) in [5, 5.41) is 3.30. The molecule has 0 spiro atoms. The van der Waals surface area contributed by atoms with Gasteiger partial charge in [-0.15, -0.1) is 0 Å². The minimum atomic E-state index is -0.326. The molecule has 0 aliphatic carbocycles. The van der Waals surface area contributed by atoms with Crippen LogP contribution in [0.15, 0.2) is 27.4 Å². The highest BCUT2D eigenvalue weighted by Crippen LogP contribution is 2.13. The van der Waals surface area contributed by atoms with Gasteiger partial charge in [0.2, 0.25) is 0 Å². The van der Waals surface area contributed by atoms with Crippen LogP contribution in [0.25, 0.3) is 11.1 Å². The van der Waals surface area contributed by atoms with Gasteiger partial charge >= 0.3 is 5.76 Å². The van der Waals surface area contributed by atoms with Crippen LogP contribution < -0.4 is 16.8 Å². The van der Waals surface area contributed by atoms with E-state index >= 15 is 0 Å². The molecule has 17 heavy (non-hydrogen) atoms. The van der Waals surface area contributed by atoms with Crippen molar-refractivity contribution in [1.82, 2.24) is 9.88 Å². The minimum absolute atomic E-state index is 0.326. The first-order chi connectivity index (χ1) is 8.22. The third kappa shape index (κ3) is 2.57. The molecule has 0 unspecified atom stereocenters. The molecule has 0 aliphatic heterocycles. The number of nitrogens with zero attached hydrogens (tertiary/aromatic N) is 1. The smallest absolute Gasteiger partial charge is 0.408 e. The summed E-state index contributed by atoms with van der Waals surface area (Å²) in [6.45, 7) is 2.37. The Morgan fingerprint density at radius 3 is 3.06 bits per heavy atom. The number of aryl methyl sites for hydroxylation is 1. The molecule has 0 aliphatic rings. The second-order valence-corrected chi connectivity index (χ2v) is 4.05. The third-order valence-electron chi connectivity index (χ3n) is 2.74. The van der Waals surface area contributed by atoms with Gasteiger partial charge in [0, 0.05) is 13.6 Å². The SMILES string of the molecule is Cn1c(=O)oc2ccc(CNCCCN)cc21. The Hall–Kier alpha value is -1.59. The van der Waals surface area contributed by atoms with Gasteiger partial charge in [-0.1, -0.05) is 6.07 Å². The summed E-state index contributed by atoms with van der Waals surface area (Å²) in [7, 11) is 1.71. The summed E-state index contributed by atoms with van der Waals surface area (Å²) in [4.78, 5) is 11.3. The molecule has 1 heterocycles. The van der Waals surface area contributed by atoms with Crippen molar-refractivity contribution in [2.24, 2.45) is 12.8 Å². The van der Waals surface area contributed by atoms with E-state index in [1.807, 2.05) is 18.2 Å². The molecule has 5 heteroatoms. The summed E-state index contributed by atoms with van der Waals surface area (Å²) in [5.41, 5.74) is 8.00. The highest BCUT2D eigenvalue weighted by molar-refractivity contribution is 5.73. The normalized spacial score (nSPS) is 11.2. The molecule has 5 nitrogen and oxygen atoms in total. The summed E-state index contributed by atoms with van der Waals surface area (Å²) < 4.78 is 6.58. The molecule has 0 fully saturated rings. The minimum Gasteiger partial charge on any atom is -0.408 e. The van der Waals surface area contributed by atoms with Crippen molar-refractivity contribution in [3.63, 3.8) is 0 Å². The molecule has 92 valence electrons. The Morgan fingerprint density at radius 1 is 1.47 bits per heavy atom. The lowest BCUT2D eigenvalue weighted by atomic mass is 10.2. The zero-order valence-corrected chi connectivity index (χ0v) is 9.90. The second kappa shape index (κ2) is 5.16. The molecular weight excluding hydrogens is 218 g/mol. The Bertz CT molecular complexity index is 556. The van der Waals surface area contributed by atoms with Crippen molar-refractivity contribution < 1.29 is 4.42 Å². The monoisotopic (exact) mass is 235 g/mol. The van der Waals surface area contributed by atoms with Crippen LogP contribution in [0.4, 0.5) is 0 Å². The zero-order chi connectivity index (χ0) is 12.3. The fraction of sp³-hybridized carbons (Fsp3) is 0.417. The van der Waals surface area contributed by atoms with E-state index in [0.29, 0.717) is 12.1 Å². The summed E-state index contributed by atoms with van der Waals surface area (Å²) in [6.07, 6.45) is 0.965. The largest absolute Gasteiger partial charge is 0.419 e. The lowest BCUT2D eigenvalue weighted by Gasteiger charge is -2.04. The van der Waals surface area contributed by atoms with Crippen LogP contribution in [0.5, 0.6) is 0 Å². The summed E-state index contributed by atoms with van der Waals surface area (Å²) >= 11 is 0. The Morgan fingerprint density at radius 2 is 2.29 bits per heavy atom. The summed E-state index contributed by atoms with van der Waals surface area (Å²) in [5.74, 6) is -0.326. The van der Waals surface area contributed by atoms with E-state index in [1.165, 1.54) is 4.57 Å². The van der Waals surface area contributed by atoms with Crippen molar-refractivity contribution in [3.05, 3.63) is 34.3 Å². The van der Waals surface area contributed by atoms with Gasteiger partial charge in [-0.2, -0.15) is 0 Å². The van der Waals surface area contributed by atoms with E-state index in [0.717, 1.165) is 30.6 Å².